The van der Waals surface area contributed by atoms with Crippen molar-refractivity contribution < 1.29 is 23.8 Å². The largest absolute Gasteiger partial charge is 0.480 e. The van der Waals surface area contributed by atoms with Gasteiger partial charge in [0.05, 0.1) is 22.8 Å². The first-order valence-corrected chi connectivity index (χ1v) is 12.5. The summed E-state index contributed by atoms with van der Waals surface area (Å²) in [5.41, 5.74) is 2.95. The molecule has 190 valence electrons. The van der Waals surface area contributed by atoms with Gasteiger partial charge in [-0.1, -0.05) is 26.0 Å². The Morgan fingerprint density at radius 2 is 2.00 bits per heavy atom. The average molecular weight is 503 g/mol. The number of pyridine rings is 1. The van der Waals surface area contributed by atoms with Gasteiger partial charge in [0, 0.05) is 22.9 Å². The lowest BCUT2D eigenvalue weighted by Gasteiger charge is -2.42. The number of H-pyrrole nitrogens is 1. The van der Waals surface area contributed by atoms with Crippen molar-refractivity contribution >= 4 is 33.6 Å². The van der Waals surface area contributed by atoms with Gasteiger partial charge in [0.1, 0.15) is 18.5 Å². The van der Waals surface area contributed by atoms with E-state index in [9.17, 15) is 14.0 Å². The van der Waals surface area contributed by atoms with E-state index in [1.165, 1.54) is 17.0 Å². The van der Waals surface area contributed by atoms with E-state index in [2.05, 4.69) is 30.1 Å². The van der Waals surface area contributed by atoms with Crippen LogP contribution in [0, 0.1) is 11.2 Å². The summed E-state index contributed by atoms with van der Waals surface area (Å²) in [4.78, 5) is 30.4. The van der Waals surface area contributed by atoms with E-state index in [1.54, 1.807) is 18.3 Å². The minimum atomic E-state index is -0.999. The van der Waals surface area contributed by atoms with Gasteiger partial charge in [0.25, 0.3) is 0 Å². The zero-order valence-corrected chi connectivity index (χ0v) is 20.6. The van der Waals surface area contributed by atoms with Gasteiger partial charge in [0.2, 0.25) is 11.8 Å². The summed E-state index contributed by atoms with van der Waals surface area (Å²) in [7, 11) is 0. The topological polar surface area (TPSA) is 108 Å². The maximum atomic E-state index is 13.7. The van der Waals surface area contributed by atoms with Crippen LogP contribution in [0.25, 0.3) is 32.8 Å². The molecule has 4 aromatic rings. The van der Waals surface area contributed by atoms with E-state index in [0.717, 1.165) is 38.5 Å². The van der Waals surface area contributed by atoms with Crippen LogP contribution < -0.4 is 4.74 Å². The Morgan fingerprint density at radius 1 is 1.24 bits per heavy atom. The van der Waals surface area contributed by atoms with Crippen LogP contribution in [0.1, 0.15) is 44.7 Å². The molecule has 9 heteroatoms. The predicted molar refractivity (Wildman–Crippen MR) is 136 cm³/mol. The number of carbonyl (C=O) groups is 2. The van der Waals surface area contributed by atoms with Crippen molar-refractivity contribution in [3.63, 3.8) is 0 Å². The zero-order valence-electron chi connectivity index (χ0n) is 20.6. The molecular weight excluding hydrogens is 475 g/mol. The zero-order chi connectivity index (χ0) is 25.9. The second-order valence-corrected chi connectivity index (χ2v) is 10.5. The highest BCUT2D eigenvalue weighted by atomic mass is 19.1. The van der Waals surface area contributed by atoms with Crippen LogP contribution in [0.5, 0.6) is 5.88 Å². The second-order valence-electron chi connectivity index (χ2n) is 10.5. The molecule has 2 aliphatic rings. The highest BCUT2D eigenvalue weighted by molar-refractivity contribution is 6.06. The van der Waals surface area contributed by atoms with Crippen molar-refractivity contribution in [2.75, 3.05) is 13.1 Å². The van der Waals surface area contributed by atoms with Gasteiger partial charge in [-0.05, 0) is 60.4 Å². The molecule has 8 nitrogen and oxygen atoms in total. The Labute approximate surface area is 212 Å². The number of hydrogen-bond acceptors (Lipinski definition) is 5. The number of aromatic nitrogens is 3. The molecule has 1 saturated heterocycles. The monoisotopic (exact) mass is 502 g/mol. The van der Waals surface area contributed by atoms with Crippen molar-refractivity contribution in [1.82, 2.24) is 20.1 Å². The number of halogens is 1. The van der Waals surface area contributed by atoms with E-state index in [0.29, 0.717) is 31.7 Å². The third-order valence-corrected chi connectivity index (χ3v) is 7.68. The summed E-state index contributed by atoms with van der Waals surface area (Å²) in [6.07, 6.45) is 3.28. The maximum Gasteiger partial charge on any atom is 0.323 e. The molecule has 0 radical (unpaired) electrons. The standard InChI is InChI=1S/C28H27FN4O4/c1-15(2)25-24(16-3-5-18(29)6-4-16)20-9-17-13-30-32-22(17)10-21(20)26(31-25)37-19-11-28(12-19)7-8-33(27(28)36)14-23(34)35/h3-6,9-10,13,15,19H,7-8,11-12,14H2,1-2H3,(H,30,32)(H,34,35). The summed E-state index contributed by atoms with van der Waals surface area (Å²) in [6.45, 7) is 4.32. The number of nitrogens with zero attached hydrogens (tertiary/aromatic N) is 3. The number of carboxylic acid groups (broad SMARTS) is 1. The van der Waals surface area contributed by atoms with E-state index < -0.39 is 11.4 Å². The van der Waals surface area contributed by atoms with E-state index in [1.807, 2.05) is 6.07 Å². The first-order valence-electron chi connectivity index (χ1n) is 12.5. The predicted octanol–water partition coefficient (Wildman–Crippen LogP) is 4.89. The first-order chi connectivity index (χ1) is 17.7. The molecule has 3 heterocycles. The molecule has 1 spiro atoms. The minimum absolute atomic E-state index is 0.0700. The van der Waals surface area contributed by atoms with Crippen molar-refractivity contribution in [3.8, 4) is 17.0 Å². The smallest absolute Gasteiger partial charge is 0.323 e. The van der Waals surface area contributed by atoms with E-state index >= 15 is 0 Å². The summed E-state index contributed by atoms with van der Waals surface area (Å²) >= 11 is 0. The molecule has 1 aliphatic heterocycles. The van der Waals surface area contributed by atoms with Gasteiger partial charge in [-0.25, -0.2) is 9.37 Å². The fourth-order valence-electron chi connectivity index (χ4n) is 5.81. The summed E-state index contributed by atoms with van der Waals surface area (Å²) in [5, 5.41) is 19.0. The second kappa shape index (κ2) is 8.54. The quantitative estimate of drug-likeness (QED) is 0.389. The first kappa shape index (κ1) is 23.4. The molecule has 1 saturated carbocycles. The number of aliphatic carboxylic acids is 1. The molecule has 37 heavy (non-hydrogen) atoms. The number of likely N-dealkylation sites (tertiary alicyclic amines) is 1. The summed E-state index contributed by atoms with van der Waals surface area (Å²) in [5.74, 6) is -0.831. The molecule has 2 fully saturated rings. The normalized spacial score (nSPS) is 21.4. The molecule has 0 atom stereocenters. The van der Waals surface area contributed by atoms with Crippen LogP contribution in [0.4, 0.5) is 4.39 Å². The number of rotatable bonds is 6. The Balaban J connectivity index is 1.39. The minimum Gasteiger partial charge on any atom is -0.480 e. The van der Waals surface area contributed by atoms with Gasteiger partial charge in [-0.15, -0.1) is 0 Å². The Bertz CT molecular complexity index is 1540. The lowest BCUT2D eigenvalue weighted by Crippen LogP contribution is -2.49. The number of fused-ring (bicyclic) bond motifs is 2. The fourth-order valence-corrected chi connectivity index (χ4v) is 5.81. The Kier molecular flexibility index (Phi) is 5.40. The van der Waals surface area contributed by atoms with Gasteiger partial charge < -0.3 is 14.7 Å². The molecule has 1 amide bonds. The third-order valence-electron chi connectivity index (χ3n) is 7.68. The summed E-state index contributed by atoms with van der Waals surface area (Å²) in [6, 6.07) is 10.5. The molecule has 2 aromatic heterocycles. The van der Waals surface area contributed by atoms with Crippen LogP contribution in [-0.2, 0) is 9.59 Å². The van der Waals surface area contributed by atoms with E-state index in [4.69, 9.17) is 14.8 Å². The van der Waals surface area contributed by atoms with Crippen molar-refractivity contribution in [2.24, 2.45) is 5.41 Å². The molecule has 2 aromatic carbocycles. The Morgan fingerprint density at radius 3 is 2.70 bits per heavy atom. The molecule has 1 aliphatic carbocycles. The van der Waals surface area contributed by atoms with Crippen molar-refractivity contribution in [1.29, 1.82) is 0 Å². The fraction of sp³-hybridized carbons (Fsp3) is 0.357. The Hall–Kier alpha value is -4.01. The van der Waals surface area contributed by atoms with Crippen molar-refractivity contribution in [3.05, 3.63) is 54.1 Å². The lowest BCUT2D eigenvalue weighted by molar-refractivity contribution is -0.150. The number of hydrogen-bond donors (Lipinski definition) is 2. The number of benzene rings is 2. The van der Waals surface area contributed by atoms with Crippen LogP contribution >= 0.6 is 0 Å². The average Bonchev–Trinajstić information content (AvgIpc) is 3.42. The van der Waals surface area contributed by atoms with Crippen molar-refractivity contribution in [2.45, 2.75) is 45.1 Å². The van der Waals surface area contributed by atoms with Crippen LogP contribution in [-0.4, -0.2) is 56.3 Å². The molecule has 2 N–H and O–H groups in total. The van der Waals surface area contributed by atoms with Gasteiger partial charge in [-0.3, -0.25) is 14.7 Å². The number of carboxylic acids is 1. The lowest BCUT2D eigenvalue weighted by atomic mass is 9.65. The molecule has 0 unspecified atom stereocenters. The maximum absolute atomic E-state index is 13.7. The molecule has 6 rings (SSSR count). The SMILES string of the molecule is CC(C)c1nc(OC2CC3(CCN(CC(=O)O)C3=O)C2)c2cc3[nH]ncc3cc2c1-c1ccc(F)cc1. The van der Waals surface area contributed by atoms with Gasteiger partial charge >= 0.3 is 5.97 Å². The number of carbonyl (C=O) groups excluding carboxylic acids is 1. The van der Waals surface area contributed by atoms with Crippen LogP contribution in [0.15, 0.2) is 42.6 Å². The van der Waals surface area contributed by atoms with Crippen LogP contribution in [0.3, 0.4) is 0 Å². The number of amides is 1. The highest BCUT2D eigenvalue weighted by Gasteiger charge is 2.56. The summed E-state index contributed by atoms with van der Waals surface area (Å²) < 4.78 is 20.2. The number of ether oxygens (including phenoxy) is 1. The number of nitrogens with one attached hydrogen (secondary N) is 1. The third kappa shape index (κ3) is 3.89. The molecular formula is C28H27FN4O4. The van der Waals surface area contributed by atoms with Gasteiger partial charge in [-0.2, -0.15) is 5.10 Å². The molecule has 0 bridgehead atoms. The van der Waals surface area contributed by atoms with Crippen LogP contribution in [0.2, 0.25) is 0 Å². The highest BCUT2D eigenvalue weighted by Crippen LogP contribution is 2.51. The number of aromatic amines is 1. The van der Waals surface area contributed by atoms with E-state index in [-0.39, 0.29) is 30.3 Å². The van der Waals surface area contributed by atoms with Gasteiger partial charge in [0.15, 0.2) is 0 Å².